The molecule has 0 bridgehead atoms. The summed E-state index contributed by atoms with van der Waals surface area (Å²) in [5.41, 5.74) is 5.01. The quantitative estimate of drug-likeness (QED) is 0.466. The van der Waals surface area contributed by atoms with E-state index >= 15 is 0 Å². The van der Waals surface area contributed by atoms with Crippen molar-refractivity contribution in [3.05, 3.63) is 0 Å². The smallest absolute Gasteiger partial charge is 0.226 e. The molecular formula is C4H8NO2. The molecule has 0 unspecified atom stereocenters. The highest BCUT2D eigenvalue weighted by Crippen LogP contribution is 1.63. The van der Waals surface area contributed by atoms with E-state index in [1.807, 2.05) is 0 Å². The highest BCUT2D eigenvalue weighted by atomic mass is 16.5. The Bertz CT molecular complexity index is 47.0. The van der Waals surface area contributed by atoms with Crippen molar-refractivity contribution in [1.82, 2.24) is 0 Å². The second-order valence-electron chi connectivity index (χ2n) is 0.986. The van der Waals surface area contributed by atoms with Crippen molar-refractivity contribution >= 4 is 6.29 Å². The van der Waals surface area contributed by atoms with Crippen LogP contribution in [0.3, 0.4) is 0 Å². The Kier molecular flexibility index (Phi) is 5.26. The third kappa shape index (κ3) is 5.59. The van der Waals surface area contributed by atoms with Gasteiger partial charge in [-0.2, -0.15) is 0 Å². The summed E-state index contributed by atoms with van der Waals surface area (Å²) in [7, 11) is 0. The molecule has 0 spiro atoms. The molecule has 3 nitrogen and oxygen atoms in total. The Morgan fingerprint density at radius 1 is 1.71 bits per heavy atom. The van der Waals surface area contributed by atoms with Crippen LogP contribution in [0.15, 0.2) is 0 Å². The van der Waals surface area contributed by atoms with Gasteiger partial charge in [-0.25, -0.2) is 0 Å². The summed E-state index contributed by atoms with van der Waals surface area (Å²) in [4.78, 5) is 9.39. The molecule has 0 amide bonds. The summed E-state index contributed by atoms with van der Waals surface area (Å²) in [6.45, 7) is 0.939. The zero-order chi connectivity index (χ0) is 5.54. The Morgan fingerprint density at radius 3 is 2.86 bits per heavy atom. The third-order valence-electron chi connectivity index (χ3n) is 0.423. The number of ether oxygens (including phenoxy) is 1. The van der Waals surface area contributed by atoms with Gasteiger partial charge in [0.25, 0.3) is 0 Å². The van der Waals surface area contributed by atoms with Crippen molar-refractivity contribution in [3.8, 4) is 0 Å². The van der Waals surface area contributed by atoms with E-state index in [1.54, 1.807) is 6.29 Å². The zero-order valence-corrected chi connectivity index (χ0v) is 4.02. The van der Waals surface area contributed by atoms with Gasteiger partial charge in [0.1, 0.15) is 6.61 Å². The number of hydrogen-bond donors (Lipinski definition) is 1. The van der Waals surface area contributed by atoms with Crippen molar-refractivity contribution in [2.45, 2.75) is 0 Å². The van der Waals surface area contributed by atoms with Gasteiger partial charge in [-0.15, -0.1) is 0 Å². The Hall–Kier alpha value is -0.410. The molecular weight excluding hydrogens is 94.0 g/mol. The monoisotopic (exact) mass is 102 g/mol. The van der Waals surface area contributed by atoms with Crippen molar-refractivity contribution in [2.24, 2.45) is 5.73 Å². The van der Waals surface area contributed by atoms with Crippen LogP contribution in [0.2, 0.25) is 0 Å². The summed E-state index contributed by atoms with van der Waals surface area (Å²) in [5.74, 6) is 0. The number of rotatable bonds is 4. The van der Waals surface area contributed by atoms with Crippen LogP contribution >= 0.6 is 0 Å². The van der Waals surface area contributed by atoms with Gasteiger partial charge in [0, 0.05) is 6.54 Å². The highest BCUT2D eigenvalue weighted by molar-refractivity contribution is 5.51. The predicted octanol–water partition coefficient (Wildman–Crippen LogP) is -0.929. The Morgan fingerprint density at radius 2 is 2.43 bits per heavy atom. The normalized spacial score (nSPS) is 8.71. The maximum Gasteiger partial charge on any atom is 0.226 e. The van der Waals surface area contributed by atoms with Crippen LogP contribution in [0.25, 0.3) is 0 Å². The van der Waals surface area contributed by atoms with Crippen LogP contribution in [0.5, 0.6) is 0 Å². The average Bonchev–Trinajstić information content (AvgIpc) is 1.69. The van der Waals surface area contributed by atoms with Crippen molar-refractivity contribution in [3.63, 3.8) is 0 Å². The second-order valence-corrected chi connectivity index (χ2v) is 0.986. The van der Waals surface area contributed by atoms with Gasteiger partial charge in [0.2, 0.25) is 6.29 Å². The molecule has 0 heterocycles. The minimum absolute atomic E-state index is 0.0389. The van der Waals surface area contributed by atoms with Gasteiger partial charge >= 0.3 is 0 Å². The molecule has 7 heavy (non-hydrogen) atoms. The fraction of sp³-hybridized carbons (Fsp3) is 0.750. The SMILES string of the molecule is NCCOC[C]=O. The first-order valence-corrected chi connectivity index (χ1v) is 2.04. The molecule has 0 saturated carbocycles. The predicted molar refractivity (Wildman–Crippen MR) is 25.6 cm³/mol. The minimum atomic E-state index is 0.0389. The zero-order valence-electron chi connectivity index (χ0n) is 4.02. The molecule has 1 radical (unpaired) electrons. The molecule has 0 saturated heterocycles. The molecule has 0 aliphatic heterocycles. The molecule has 0 atom stereocenters. The summed E-state index contributed by atoms with van der Waals surface area (Å²) in [6.07, 6.45) is 1.57. The Labute approximate surface area is 42.4 Å². The highest BCUT2D eigenvalue weighted by Gasteiger charge is 1.79. The molecule has 0 rings (SSSR count). The molecule has 0 aliphatic rings. The minimum Gasteiger partial charge on any atom is -0.372 e. The Balaban J connectivity index is 2.56. The third-order valence-corrected chi connectivity index (χ3v) is 0.423. The van der Waals surface area contributed by atoms with Gasteiger partial charge in [-0.05, 0) is 0 Å². The van der Waals surface area contributed by atoms with E-state index in [1.165, 1.54) is 0 Å². The fourth-order valence-electron chi connectivity index (χ4n) is 0.197. The lowest BCUT2D eigenvalue weighted by atomic mass is 10.7. The number of carbonyl (C=O) groups excluding carboxylic acids is 1. The van der Waals surface area contributed by atoms with E-state index in [0.717, 1.165) is 0 Å². The topological polar surface area (TPSA) is 52.3 Å². The molecule has 3 heteroatoms. The molecule has 0 aromatic carbocycles. The van der Waals surface area contributed by atoms with Gasteiger partial charge in [-0.3, -0.25) is 4.79 Å². The molecule has 41 valence electrons. The lowest BCUT2D eigenvalue weighted by Crippen LogP contribution is -2.09. The van der Waals surface area contributed by atoms with E-state index in [9.17, 15) is 4.79 Å². The van der Waals surface area contributed by atoms with Gasteiger partial charge < -0.3 is 10.5 Å². The summed E-state index contributed by atoms with van der Waals surface area (Å²) >= 11 is 0. The summed E-state index contributed by atoms with van der Waals surface area (Å²) in [6, 6.07) is 0. The van der Waals surface area contributed by atoms with E-state index in [4.69, 9.17) is 5.73 Å². The van der Waals surface area contributed by atoms with E-state index < -0.39 is 0 Å². The molecule has 0 fully saturated rings. The first-order valence-electron chi connectivity index (χ1n) is 2.04. The van der Waals surface area contributed by atoms with Crippen LogP contribution in [-0.2, 0) is 9.53 Å². The first-order chi connectivity index (χ1) is 3.41. The molecule has 2 N–H and O–H groups in total. The summed E-state index contributed by atoms with van der Waals surface area (Å²) < 4.78 is 4.58. The van der Waals surface area contributed by atoms with Crippen molar-refractivity contribution in [1.29, 1.82) is 0 Å². The van der Waals surface area contributed by atoms with Gasteiger partial charge in [0.05, 0.1) is 6.61 Å². The van der Waals surface area contributed by atoms with Crippen molar-refractivity contribution < 1.29 is 9.53 Å². The first kappa shape index (κ1) is 6.59. The second kappa shape index (κ2) is 5.59. The van der Waals surface area contributed by atoms with E-state index in [-0.39, 0.29) is 6.61 Å². The standard InChI is InChI=1S/C4H8NO2/c5-1-3-7-4-2-6/h1,3-5H2. The molecule has 0 aromatic heterocycles. The summed E-state index contributed by atoms with van der Waals surface area (Å²) in [5, 5.41) is 0. The molecule has 0 aliphatic carbocycles. The van der Waals surface area contributed by atoms with E-state index in [0.29, 0.717) is 13.2 Å². The van der Waals surface area contributed by atoms with Crippen LogP contribution < -0.4 is 5.73 Å². The van der Waals surface area contributed by atoms with Crippen LogP contribution in [0.4, 0.5) is 0 Å². The van der Waals surface area contributed by atoms with Crippen LogP contribution in [0.1, 0.15) is 0 Å². The van der Waals surface area contributed by atoms with Crippen LogP contribution in [0, 0.1) is 0 Å². The average molecular weight is 102 g/mol. The van der Waals surface area contributed by atoms with E-state index in [2.05, 4.69) is 4.74 Å². The van der Waals surface area contributed by atoms with Crippen LogP contribution in [-0.4, -0.2) is 26.0 Å². The number of nitrogens with two attached hydrogens (primary N) is 1. The fourth-order valence-corrected chi connectivity index (χ4v) is 0.197. The molecule has 0 aromatic rings. The lowest BCUT2D eigenvalue weighted by molar-refractivity contribution is 0.177. The van der Waals surface area contributed by atoms with Crippen molar-refractivity contribution in [2.75, 3.05) is 19.8 Å². The van der Waals surface area contributed by atoms with Gasteiger partial charge in [-0.1, -0.05) is 0 Å². The maximum atomic E-state index is 9.39. The largest absolute Gasteiger partial charge is 0.372 e. The number of hydrogen-bond acceptors (Lipinski definition) is 3. The van der Waals surface area contributed by atoms with Gasteiger partial charge in [0.15, 0.2) is 0 Å². The maximum absolute atomic E-state index is 9.39. The lowest BCUT2D eigenvalue weighted by Gasteiger charge is -1.90.